The highest BCUT2D eigenvalue weighted by Gasteiger charge is 2.20. The van der Waals surface area contributed by atoms with E-state index in [1.54, 1.807) is 0 Å². The number of aromatic nitrogens is 1. The van der Waals surface area contributed by atoms with Gasteiger partial charge in [-0.1, -0.05) is 0 Å². The second-order valence-corrected chi connectivity index (χ2v) is 5.66. The minimum atomic E-state index is -0.454. The van der Waals surface area contributed by atoms with Crippen molar-refractivity contribution in [2.75, 3.05) is 19.7 Å². The summed E-state index contributed by atoms with van der Waals surface area (Å²) in [6, 6.07) is 1.87. The van der Waals surface area contributed by atoms with Gasteiger partial charge in [-0.05, 0) is 62.7 Å². The SMILES string of the molecule is NC(=O)c1cc2c(nc1OCCC1CCNC1)CCC2. The highest BCUT2D eigenvalue weighted by Crippen LogP contribution is 2.26. The van der Waals surface area contributed by atoms with Gasteiger partial charge >= 0.3 is 0 Å². The molecule has 2 heterocycles. The highest BCUT2D eigenvalue weighted by molar-refractivity contribution is 5.95. The topological polar surface area (TPSA) is 77.2 Å². The second kappa shape index (κ2) is 5.79. The highest BCUT2D eigenvalue weighted by atomic mass is 16.5. The summed E-state index contributed by atoms with van der Waals surface area (Å²) in [5.74, 6) is 0.635. The van der Waals surface area contributed by atoms with Gasteiger partial charge in [-0.2, -0.15) is 0 Å². The number of hydrogen-bond acceptors (Lipinski definition) is 4. The van der Waals surface area contributed by atoms with Crippen molar-refractivity contribution in [3.63, 3.8) is 0 Å². The van der Waals surface area contributed by atoms with Gasteiger partial charge in [0.15, 0.2) is 0 Å². The molecule has 0 aromatic carbocycles. The fourth-order valence-electron chi connectivity index (χ4n) is 3.02. The smallest absolute Gasteiger partial charge is 0.254 e. The van der Waals surface area contributed by atoms with Gasteiger partial charge in [0.25, 0.3) is 5.91 Å². The number of carbonyl (C=O) groups excluding carboxylic acids is 1. The van der Waals surface area contributed by atoms with Gasteiger partial charge in [-0.3, -0.25) is 4.79 Å². The van der Waals surface area contributed by atoms with E-state index in [-0.39, 0.29) is 0 Å². The molecule has 1 saturated heterocycles. The number of rotatable bonds is 5. The molecule has 1 unspecified atom stereocenters. The monoisotopic (exact) mass is 275 g/mol. The second-order valence-electron chi connectivity index (χ2n) is 5.66. The molecule has 1 amide bonds. The lowest BCUT2D eigenvalue weighted by Crippen LogP contribution is -2.17. The molecule has 0 saturated carbocycles. The lowest BCUT2D eigenvalue weighted by molar-refractivity contribution is 0.0995. The molecule has 20 heavy (non-hydrogen) atoms. The Morgan fingerprint density at radius 3 is 3.15 bits per heavy atom. The van der Waals surface area contributed by atoms with Crippen molar-refractivity contribution in [2.45, 2.75) is 32.1 Å². The van der Waals surface area contributed by atoms with Crippen LogP contribution < -0.4 is 15.8 Å². The first-order valence-corrected chi connectivity index (χ1v) is 7.40. The number of amides is 1. The lowest BCUT2D eigenvalue weighted by atomic mass is 10.1. The molecule has 108 valence electrons. The summed E-state index contributed by atoms with van der Waals surface area (Å²) in [5, 5.41) is 3.34. The molecule has 5 nitrogen and oxygen atoms in total. The van der Waals surface area contributed by atoms with E-state index in [0.29, 0.717) is 24.0 Å². The molecular formula is C15H21N3O2. The largest absolute Gasteiger partial charge is 0.477 e. The van der Waals surface area contributed by atoms with Crippen molar-refractivity contribution in [3.05, 3.63) is 22.9 Å². The molecule has 1 aliphatic heterocycles. The average molecular weight is 275 g/mol. The maximum atomic E-state index is 11.5. The molecule has 3 rings (SSSR count). The summed E-state index contributed by atoms with van der Waals surface area (Å²) in [5.41, 5.74) is 8.07. The number of hydrogen-bond donors (Lipinski definition) is 2. The van der Waals surface area contributed by atoms with Crippen LogP contribution in [0.1, 0.15) is 40.9 Å². The van der Waals surface area contributed by atoms with Gasteiger partial charge in [0.2, 0.25) is 5.88 Å². The number of pyridine rings is 1. The molecule has 0 spiro atoms. The summed E-state index contributed by atoms with van der Waals surface area (Å²) in [4.78, 5) is 16.0. The number of nitrogens with zero attached hydrogens (tertiary/aromatic N) is 1. The predicted octanol–water partition coefficient (Wildman–Crippen LogP) is 1.05. The van der Waals surface area contributed by atoms with Crippen molar-refractivity contribution in [3.8, 4) is 5.88 Å². The lowest BCUT2D eigenvalue weighted by Gasteiger charge is -2.12. The zero-order valence-electron chi connectivity index (χ0n) is 11.7. The fourth-order valence-corrected chi connectivity index (χ4v) is 3.02. The molecule has 5 heteroatoms. The van der Waals surface area contributed by atoms with Crippen LogP contribution in [-0.4, -0.2) is 30.6 Å². The van der Waals surface area contributed by atoms with E-state index in [2.05, 4.69) is 10.3 Å². The maximum absolute atomic E-state index is 11.5. The van der Waals surface area contributed by atoms with Crippen LogP contribution in [0.4, 0.5) is 0 Å². The summed E-state index contributed by atoms with van der Waals surface area (Å²) in [7, 11) is 0. The Labute approximate surface area is 118 Å². The molecule has 1 aromatic heterocycles. The van der Waals surface area contributed by atoms with Crippen LogP contribution in [0.5, 0.6) is 5.88 Å². The van der Waals surface area contributed by atoms with E-state index in [0.717, 1.165) is 50.0 Å². The van der Waals surface area contributed by atoms with Crippen LogP contribution in [0, 0.1) is 5.92 Å². The molecule has 1 atom stereocenters. The summed E-state index contributed by atoms with van der Waals surface area (Å²) in [6.45, 7) is 2.75. The predicted molar refractivity (Wildman–Crippen MR) is 75.9 cm³/mol. The van der Waals surface area contributed by atoms with E-state index in [4.69, 9.17) is 10.5 Å². The Morgan fingerprint density at radius 2 is 2.40 bits per heavy atom. The van der Waals surface area contributed by atoms with Crippen LogP contribution in [-0.2, 0) is 12.8 Å². The Morgan fingerprint density at radius 1 is 1.50 bits per heavy atom. The third kappa shape index (κ3) is 2.77. The quantitative estimate of drug-likeness (QED) is 0.842. The molecule has 3 N–H and O–H groups in total. The first-order valence-electron chi connectivity index (χ1n) is 7.40. The Balaban J connectivity index is 1.69. The third-order valence-corrected chi connectivity index (χ3v) is 4.21. The first kappa shape index (κ1) is 13.4. The van der Waals surface area contributed by atoms with Gasteiger partial charge < -0.3 is 15.8 Å². The number of ether oxygens (including phenoxy) is 1. The number of nitrogens with one attached hydrogen (secondary N) is 1. The van der Waals surface area contributed by atoms with Crippen molar-refractivity contribution >= 4 is 5.91 Å². The van der Waals surface area contributed by atoms with E-state index in [1.165, 1.54) is 6.42 Å². The number of aryl methyl sites for hydroxylation is 2. The van der Waals surface area contributed by atoms with Crippen LogP contribution in [0.2, 0.25) is 0 Å². The van der Waals surface area contributed by atoms with Crippen molar-refractivity contribution in [1.29, 1.82) is 0 Å². The summed E-state index contributed by atoms with van der Waals surface area (Å²) < 4.78 is 5.75. The van der Waals surface area contributed by atoms with E-state index in [9.17, 15) is 4.79 Å². The van der Waals surface area contributed by atoms with Crippen LogP contribution >= 0.6 is 0 Å². The molecule has 1 fully saturated rings. The molecule has 0 radical (unpaired) electrons. The normalized spacial score (nSPS) is 20.9. The molecule has 2 aliphatic rings. The minimum Gasteiger partial charge on any atom is -0.477 e. The first-order chi connectivity index (χ1) is 9.74. The maximum Gasteiger partial charge on any atom is 0.254 e. The van der Waals surface area contributed by atoms with Crippen molar-refractivity contribution in [1.82, 2.24) is 10.3 Å². The third-order valence-electron chi connectivity index (χ3n) is 4.21. The Bertz CT molecular complexity index is 510. The Hall–Kier alpha value is -1.62. The zero-order chi connectivity index (χ0) is 13.9. The summed E-state index contributed by atoms with van der Waals surface area (Å²) >= 11 is 0. The van der Waals surface area contributed by atoms with Crippen molar-refractivity contribution < 1.29 is 9.53 Å². The number of nitrogens with two attached hydrogens (primary N) is 1. The van der Waals surface area contributed by atoms with Crippen LogP contribution in [0.25, 0.3) is 0 Å². The average Bonchev–Trinajstić information content (AvgIpc) is 3.07. The molecule has 1 aliphatic carbocycles. The molecule has 0 bridgehead atoms. The standard InChI is InChI=1S/C15H21N3O2/c16-14(19)12-8-11-2-1-3-13(11)18-15(12)20-7-5-10-4-6-17-9-10/h8,10,17H,1-7,9H2,(H2,16,19). The van der Waals surface area contributed by atoms with Crippen molar-refractivity contribution in [2.24, 2.45) is 11.7 Å². The number of fused-ring (bicyclic) bond motifs is 1. The van der Waals surface area contributed by atoms with Gasteiger partial charge in [0.05, 0.1) is 6.61 Å². The van der Waals surface area contributed by atoms with Crippen LogP contribution in [0.3, 0.4) is 0 Å². The van der Waals surface area contributed by atoms with E-state index >= 15 is 0 Å². The molecule has 1 aromatic rings. The fraction of sp³-hybridized carbons (Fsp3) is 0.600. The minimum absolute atomic E-state index is 0.420. The van der Waals surface area contributed by atoms with Crippen LogP contribution in [0.15, 0.2) is 6.07 Å². The van der Waals surface area contributed by atoms with E-state index < -0.39 is 5.91 Å². The van der Waals surface area contributed by atoms with Gasteiger partial charge in [-0.25, -0.2) is 4.98 Å². The van der Waals surface area contributed by atoms with Gasteiger partial charge in [0, 0.05) is 5.69 Å². The Kier molecular flexibility index (Phi) is 3.87. The van der Waals surface area contributed by atoms with E-state index in [1.807, 2.05) is 6.07 Å². The number of primary amides is 1. The molecular weight excluding hydrogens is 254 g/mol. The van der Waals surface area contributed by atoms with Gasteiger partial charge in [-0.15, -0.1) is 0 Å². The summed E-state index contributed by atoms with van der Waals surface area (Å²) in [6.07, 6.45) is 5.24. The van der Waals surface area contributed by atoms with Gasteiger partial charge in [0.1, 0.15) is 5.56 Å². The zero-order valence-corrected chi connectivity index (χ0v) is 11.7. The number of carbonyl (C=O) groups is 1.